The zero-order valence-corrected chi connectivity index (χ0v) is 17.7. The smallest absolute Gasteiger partial charge is 0.271 e. The highest BCUT2D eigenvalue weighted by molar-refractivity contribution is 5.99. The van der Waals surface area contributed by atoms with Crippen LogP contribution >= 0.6 is 0 Å². The summed E-state index contributed by atoms with van der Waals surface area (Å²) < 4.78 is 2.21. The Morgan fingerprint density at radius 2 is 1.57 bits per heavy atom. The molecule has 3 aromatic carbocycles. The van der Waals surface area contributed by atoms with Crippen molar-refractivity contribution in [1.82, 2.24) is 9.99 Å². The molecule has 4 rings (SSSR count). The van der Waals surface area contributed by atoms with Crippen LogP contribution in [-0.2, 0) is 0 Å². The van der Waals surface area contributed by atoms with Crippen LogP contribution in [0.3, 0.4) is 0 Å². The van der Waals surface area contributed by atoms with Crippen molar-refractivity contribution >= 4 is 22.9 Å². The summed E-state index contributed by atoms with van der Waals surface area (Å²) in [7, 11) is 0. The van der Waals surface area contributed by atoms with Gasteiger partial charge in [-0.2, -0.15) is 5.10 Å². The molecule has 1 N–H and O–H groups in total. The van der Waals surface area contributed by atoms with Gasteiger partial charge in [0.05, 0.1) is 6.21 Å². The first-order chi connectivity index (χ1) is 14.4. The lowest BCUT2D eigenvalue weighted by atomic mass is 10.1. The van der Waals surface area contributed by atoms with Crippen LogP contribution < -0.4 is 5.43 Å². The van der Waals surface area contributed by atoms with Crippen LogP contribution in [0, 0.1) is 27.7 Å². The summed E-state index contributed by atoms with van der Waals surface area (Å²) in [6.07, 6.45) is 1.71. The topological polar surface area (TPSA) is 46.4 Å². The molecule has 0 aliphatic carbocycles. The maximum atomic E-state index is 12.5. The Kier molecular flexibility index (Phi) is 5.23. The van der Waals surface area contributed by atoms with Crippen molar-refractivity contribution in [3.05, 3.63) is 100 Å². The number of aromatic nitrogens is 1. The number of benzene rings is 3. The Bertz CT molecular complexity index is 1260. The SMILES string of the molecule is Cc1cc(C)cc(-n2c(C)cc(/C=N\NC(=O)c3ccc4ccccc4c3)c2C)c1. The van der Waals surface area contributed by atoms with E-state index >= 15 is 0 Å². The lowest BCUT2D eigenvalue weighted by Gasteiger charge is -2.11. The fourth-order valence-electron chi connectivity index (χ4n) is 3.95. The molecule has 1 heterocycles. The molecule has 0 saturated heterocycles. The molecule has 4 nitrogen and oxygen atoms in total. The van der Waals surface area contributed by atoms with Crippen molar-refractivity contribution in [3.8, 4) is 5.69 Å². The molecule has 0 aliphatic heterocycles. The summed E-state index contributed by atoms with van der Waals surface area (Å²) in [5, 5.41) is 6.35. The monoisotopic (exact) mass is 395 g/mol. The largest absolute Gasteiger partial charge is 0.318 e. The van der Waals surface area contributed by atoms with Gasteiger partial charge in [-0.05, 0) is 79.9 Å². The number of aryl methyl sites for hydroxylation is 3. The van der Waals surface area contributed by atoms with Crippen LogP contribution in [0.25, 0.3) is 16.5 Å². The lowest BCUT2D eigenvalue weighted by molar-refractivity contribution is 0.0955. The molecule has 0 fully saturated rings. The number of hydrazone groups is 1. The number of hydrogen-bond donors (Lipinski definition) is 1. The summed E-state index contributed by atoms with van der Waals surface area (Å²) >= 11 is 0. The van der Waals surface area contributed by atoms with Gasteiger partial charge in [0.25, 0.3) is 5.91 Å². The van der Waals surface area contributed by atoms with E-state index in [2.05, 4.69) is 67.1 Å². The van der Waals surface area contributed by atoms with Crippen molar-refractivity contribution in [2.45, 2.75) is 27.7 Å². The fraction of sp³-hybridized carbons (Fsp3) is 0.154. The molecular weight excluding hydrogens is 370 g/mol. The van der Waals surface area contributed by atoms with Crippen LogP contribution in [0.5, 0.6) is 0 Å². The second-order valence-electron chi connectivity index (χ2n) is 7.77. The highest BCUT2D eigenvalue weighted by Crippen LogP contribution is 2.22. The third-order valence-electron chi connectivity index (χ3n) is 5.32. The summed E-state index contributed by atoms with van der Waals surface area (Å²) in [6.45, 7) is 8.36. The first kappa shape index (κ1) is 19.6. The molecule has 30 heavy (non-hydrogen) atoms. The van der Waals surface area contributed by atoms with Gasteiger partial charge in [-0.1, -0.05) is 36.4 Å². The van der Waals surface area contributed by atoms with Gasteiger partial charge in [0.15, 0.2) is 0 Å². The first-order valence-electron chi connectivity index (χ1n) is 10.0. The van der Waals surface area contributed by atoms with E-state index < -0.39 is 0 Å². The van der Waals surface area contributed by atoms with Gasteiger partial charge in [0.2, 0.25) is 0 Å². The molecule has 4 aromatic rings. The Balaban J connectivity index is 1.54. The van der Waals surface area contributed by atoms with Crippen LogP contribution in [0.2, 0.25) is 0 Å². The van der Waals surface area contributed by atoms with Crippen molar-refractivity contribution in [3.63, 3.8) is 0 Å². The number of carbonyl (C=O) groups excluding carboxylic acids is 1. The summed E-state index contributed by atoms with van der Waals surface area (Å²) in [5.41, 5.74) is 10.0. The van der Waals surface area contributed by atoms with E-state index in [4.69, 9.17) is 0 Å². The third kappa shape index (κ3) is 3.90. The number of nitrogens with zero attached hydrogens (tertiary/aromatic N) is 2. The fourth-order valence-corrected chi connectivity index (χ4v) is 3.95. The second-order valence-corrected chi connectivity index (χ2v) is 7.77. The maximum absolute atomic E-state index is 12.5. The molecule has 0 spiro atoms. The molecule has 1 aromatic heterocycles. The van der Waals surface area contributed by atoms with Gasteiger partial charge in [-0.15, -0.1) is 0 Å². The van der Waals surface area contributed by atoms with Crippen LogP contribution in [-0.4, -0.2) is 16.7 Å². The zero-order chi connectivity index (χ0) is 21.3. The van der Waals surface area contributed by atoms with Crippen molar-refractivity contribution < 1.29 is 4.79 Å². The Labute approximate surface area is 176 Å². The number of fused-ring (bicyclic) bond motifs is 1. The molecule has 0 aliphatic rings. The van der Waals surface area contributed by atoms with E-state index in [-0.39, 0.29) is 5.91 Å². The number of nitrogens with one attached hydrogen (secondary N) is 1. The van der Waals surface area contributed by atoms with E-state index in [0.717, 1.165) is 33.4 Å². The summed E-state index contributed by atoms with van der Waals surface area (Å²) in [6, 6.07) is 22.2. The zero-order valence-electron chi connectivity index (χ0n) is 17.7. The van der Waals surface area contributed by atoms with Gasteiger partial charge in [-0.25, -0.2) is 5.43 Å². The normalized spacial score (nSPS) is 11.3. The maximum Gasteiger partial charge on any atom is 0.271 e. The highest BCUT2D eigenvalue weighted by Gasteiger charge is 2.11. The minimum Gasteiger partial charge on any atom is -0.318 e. The van der Waals surface area contributed by atoms with Crippen molar-refractivity contribution in [1.29, 1.82) is 0 Å². The number of rotatable bonds is 4. The quantitative estimate of drug-likeness (QED) is 0.353. The van der Waals surface area contributed by atoms with E-state index in [1.54, 1.807) is 6.21 Å². The van der Waals surface area contributed by atoms with Crippen LogP contribution in [0.15, 0.2) is 71.8 Å². The second kappa shape index (κ2) is 7.99. The standard InChI is InChI=1S/C26H25N3O/c1-17-11-18(2)13-25(12-17)29-19(3)14-24(20(29)4)16-27-28-26(30)23-10-9-21-7-5-6-8-22(21)15-23/h5-16H,1-4H3,(H,28,30)/b27-16-. The van der Waals surface area contributed by atoms with Gasteiger partial charge >= 0.3 is 0 Å². The van der Waals surface area contributed by atoms with Crippen molar-refractivity contribution in [2.24, 2.45) is 5.10 Å². The summed E-state index contributed by atoms with van der Waals surface area (Å²) in [5.74, 6) is -0.222. The third-order valence-corrected chi connectivity index (χ3v) is 5.32. The predicted molar refractivity (Wildman–Crippen MR) is 124 cm³/mol. The molecule has 0 bridgehead atoms. The van der Waals surface area contributed by atoms with E-state index in [9.17, 15) is 4.79 Å². The van der Waals surface area contributed by atoms with E-state index in [1.165, 1.54) is 11.1 Å². The molecule has 0 unspecified atom stereocenters. The van der Waals surface area contributed by atoms with Gasteiger partial charge < -0.3 is 4.57 Å². The van der Waals surface area contributed by atoms with Crippen LogP contribution in [0.1, 0.15) is 38.4 Å². The van der Waals surface area contributed by atoms with Gasteiger partial charge in [0, 0.05) is 28.2 Å². The molecule has 0 saturated carbocycles. The average Bonchev–Trinajstić information content (AvgIpc) is 3.00. The Morgan fingerprint density at radius 1 is 0.867 bits per heavy atom. The van der Waals surface area contributed by atoms with Gasteiger partial charge in [0.1, 0.15) is 0 Å². The predicted octanol–water partition coefficient (Wildman–Crippen LogP) is 5.63. The molecule has 4 heteroatoms. The Morgan fingerprint density at radius 3 is 2.30 bits per heavy atom. The van der Waals surface area contributed by atoms with Crippen molar-refractivity contribution in [2.75, 3.05) is 0 Å². The lowest BCUT2D eigenvalue weighted by Crippen LogP contribution is -2.17. The molecule has 0 atom stereocenters. The minimum absolute atomic E-state index is 0.222. The van der Waals surface area contributed by atoms with E-state index in [1.807, 2.05) is 42.5 Å². The van der Waals surface area contributed by atoms with Crippen LogP contribution in [0.4, 0.5) is 0 Å². The van der Waals surface area contributed by atoms with Gasteiger partial charge in [-0.3, -0.25) is 4.79 Å². The summed E-state index contributed by atoms with van der Waals surface area (Å²) in [4.78, 5) is 12.5. The number of carbonyl (C=O) groups is 1. The number of amides is 1. The first-order valence-corrected chi connectivity index (χ1v) is 10.0. The molecule has 1 amide bonds. The Hall–Kier alpha value is -3.66. The molecular formula is C26H25N3O. The van der Waals surface area contributed by atoms with E-state index in [0.29, 0.717) is 5.56 Å². The molecule has 150 valence electrons. The average molecular weight is 396 g/mol. The highest BCUT2D eigenvalue weighted by atomic mass is 16.2. The number of hydrogen-bond acceptors (Lipinski definition) is 2. The molecule has 0 radical (unpaired) electrons. The minimum atomic E-state index is -0.222.